The van der Waals surface area contributed by atoms with Crippen LogP contribution in [0.2, 0.25) is 0 Å². The van der Waals surface area contributed by atoms with Crippen LogP contribution in [-0.4, -0.2) is 51.4 Å². The zero-order valence-corrected chi connectivity index (χ0v) is 20.5. The molecule has 0 radical (unpaired) electrons. The predicted molar refractivity (Wildman–Crippen MR) is 131 cm³/mol. The van der Waals surface area contributed by atoms with Crippen LogP contribution in [0.3, 0.4) is 0 Å². The molecule has 0 bridgehead atoms. The summed E-state index contributed by atoms with van der Waals surface area (Å²) in [6, 6.07) is 17.1. The van der Waals surface area contributed by atoms with Gasteiger partial charge in [-0.25, -0.2) is 12.8 Å². The van der Waals surface area contributed by atoms with Crippen molar-refractivity contribution >= 4 is 21.6 Å². The lowest BCUT2D eigenvalue weighted by atomic mass is 10.1. The Balaban J connectivity index is 1.49. The predicted octanol–water partition coefficient (Wildman–Crippen LogP) is 4.08. The van der Waals surface area contributed by atoms with Gasteiger partial charge in [0.1, 0.15) is 11.9 Å². The molecule has 1 fully saturated rings. The molecule has 0 aromatic heterocycles. The third-order valence-electron chi connectivity index (χ3n) is 6.13. The van der Waals surface area contributed by atoms with Gasteiger partial charge in [-0.05, 0) is 54.4 Å². The average Bonchev–Trinajstić information content (AvgIpc) is 2.88. The summed E-state index contributed by atoms with van der Waals surface area (Å²) in [7, 11) is -4.13. The first-order valence-corrected chi connectivity index (χ1v) is 13.0. The standard InChI is InChI=1S/C26H25F4N3O3S/c27-21-9-11-23(12-10-21)37(35,36)31-24(17-19-5-2-1-3-6-19)25(34)33-15-13-32(14-16-33)22-8-4-7-20(18-22)26(28,29)30/h1-12,18,24,31H,13-17H2/t24-/m0/s1. The number of carbonyl (C=O) groups excluding carboxylic acids is 1. The molecular formula is C26H25F4N3O3S. The second kappa shape index (κ2) is 10.9. The zero-order chi connectivity index (χ0) is 26.6. The van der Waals surface area contributed by atoms with E-state index in [0.29, 0.717) is 5.69 Å². The molecule has 11 heteroatoms. The summed E-state index contributed by atoms with van der Waals surface area (Å²) in [6.07, 6.45) is -4.37. The summed E-state index contributed by atoms with van der Waals surface area (Å²) < 4.78 is 81.0. The van der Waals surface area contributed by atoms with Gasteiger partial charge in [0, 0.05) is 31.9 Å². The van der Waals surface area contributed by atoms with Crippen molar-refractivity contribution in [2.45, 2.75) is 23.5 Å². The van der Waals surface area contributed by atoms with Crippen LogP contribution in [0.15, 0.2) is 83.8 Å². The lowest BCUT2D eigenvalue weighted by Gasteiger charge is -2.37. The van der Waals surface area contributed by atoms with Crippen LogP contribution in [0.4, 0.5) is 23.2 Å². The minimum absolute atomic E-state index is 0.0912. The molecule has 0 spiro atoms. The maximum absolute atomic E-state index is 13.5. The minimum Gasteiger partial charge on any atom is -0.368 e. The molecule has 1 aliphatic heterocycles. The lowest BCUT2D eigenvalue weighted by molar-refractivity contribution is -0.137. The van der Waals surface area contributed by atoms with Crippen LogP contribution in [0.5, 0.6) is 0 Å². The maximum Gasteiger partial charge on any atom is 0.416 e. The summed E-state index contributed by atoms with van der Waals surface area (Å²) in [5.74, 6) is -1.03. The molecular weight excluding hydrogens is 510 g/mol. The molecule has 1 heterocycles. The van der Waals surface area contributed by atoms with Gasteiger partial charge in [-0.2, -0.15) is 17.9 Å². The van der Waals surface area contributed by atoms with Crippen molar-refractivity contribution in [2.75, 3.05) is 31.1 Å². The van der Waals surface area contributed by atoms with Crippen molar-refractivity contribution in [1.82, 2.24) is 9.62 Å². The van der Waals surface area contributed by atoms with Crippen LogP contribution >= 0.6 is 0 Å². The highest BCUT2D eigenvalue weighted by Crippen LogP contribution is 2.32. The van der Waals surface area contributed by atoms with Crippen molar-refractivity contribution < 1.29 is 30.8 Å². The van der Waals surface area contributed by atoms with E-state index in [4.69, 9.17) is 0 Å². The molecule has 3 aromatic carbocycles. The van der Waals surface area contributed by atoms with Crippen molar-refractivity contribution in [3.05, 3.63) is 95.8 Å². The van der Waals surface area contributed by atoms with E-state index in [-0.39, 0.29) is 37.5 Å². The quantitative estimate of drug-likeness (QED) is 0.463. The van der Waals surface area contributed by atoms with Gasteiger partial charge in [0.15, 0.2) is 0 Å². The van der Waals surface area contributed by atoms with Gasteiger partial charge < -0.3 is 9.80 Å². The Morgan fingerprint density at radius 1 is 0.892 bits per heavy atom. The van der Waals surface area contributed by atoms with Crippen LogP contribution in [0.1, 0.15) is 11.1 Å². The molecule has 1 saturated heterocycles. The zero-order valence-electron chi connectivity index (χ0n) is 19.7. The Labute approximate surface area is 212 Å². The fourth-order valence-electron chi connectivity index (χ4n) is 4.18. The number of carbonyl (C=O) groups is 1. The van der Waals surface area contributed by atoms with E-state index in [0.717, 1.165) is 42.0 Å². The average molecular weight is 536 g/mol. The van der Waals surface area contributed by atoms with Gasteiger partial charge in [0.05, 0.1) is 10.5 Å². The highest BCUT2D eigenvalue weighted by Gasteiger charge is 2.33. The monoisotopic (exact) mass is 535 g/mol. The third kappa shape index (κ3) is 6.66. The van der Waals surface area contributed by atoms with Crippen molar-refractivity contribution in [3.8, 4) is 0 Å². The van der Waals surface area contributed by atoms with Gasteiger partial charge in [-0.1, -0.05) is 36.4 Å². The van der Waals surface area contributed by atoms with Crippen LogP contribution < -0.4 is 9.62 Å². The number of alkyl halides is 3. The fraction of sp³-hybridized carbons (Fsp3) is 0.269. The van der Waals surface area contributed by atoms with Crippen LogP contribution in [0.25, 0.3) is 0 Å². The summed E-state index contributed by atoms with van der Waals surface area (Å²) in [5.41, 5.74) is 0.395. The molecule has 1 atom stereocenters. The molecule has 196 valence electrons. The van der Waals surface area contributed by atoms with Gasteiger partial charge in [-0.3, -0.25) is 4.79 Å². The van der Waals surface area contributed by atoms with Crippen molar-refractivity contribution in [1.29, 1.82) is 0 Å². The Morgan fingerprint density at radius 3 is 2.16 bits per heavy atom. The topological polar surface area (TPSA) is 69.7 Å². The molecule has 1 N–H and O–H groups in total. The van der Waals surface area contributed by atoms with E-state index in [1.54, 1.807) is 41.3 Å². The Kier molecular flexibility index (Phi) is 7.84. The largest absolute Gasteiger partial charge is 0.416 e. The van der Waals surface area contributed by atoms with E-state index >= 15 is 0 Å². The first-order chi connectivity index (χ1) is 17.5. The number of hydrogen-bond acceptors (Lipinski definition) is 4. The van der Waals surface area contributed by atoms with Gasteiger partial charge >= 0.3 is 6.18 Å². The molecule has 1 aliphatic rings. The molecule has 6 nitrogen and oxygen atoms in total. The van der Waals surface area contributed by atoms with Crippen LogP contribution in [0, 0.1) is 5.82 Å². The normalized spacial score (nSPS) is 15.5. The van der Waals surface area contributed by atoms with E-state index in [2.05, 4.69) is 4.72 Å². The van der Waals surface area contributed by atoms with Gasteiger partial charge in [-0.15, -0.1) is 0 Å². The van der Waals surface area contributed by atoms with Crippen molar-refractivity contribution in [3.63, 3.8) is 0 Å². The number of hydrogen-bond donors (Lipinski definition) is 1. The third-order valence-corrected chi connectivity index (χ3v) is 7.62. The summed E-state index contributed by atoms with van der Waals surface area (Å²) in [5, 5.41) is 0. The molecule has 4 rings (SSSR count). The number of nitrogens with one attached hydrogen (secondary N) is 1. The number of nitrogens with zero attached hydrogens (tertiary/aromatic N) is 2. The molecule has 0 saturated carbocycles. The Bertz CT molecular complexity index is 1330. The minimum atomic E-state index is -4.46. The summed E-state index contributed by atoms with van der Waals surface area (Å²) >= 11 is 0. The maximum atomic E-state index is 13.5. The Morgan fingerprint density at radius 2 is 1.54 bits per heavy atom. The lowest BCUT2D eigenvalue weighted by Crippen LogP contribution is -2.55. The first-order valence-electron chi connectivity index (χ1n) is 11.6. The molecule has 3 aromatic rings. The summed E-state index contributed by atoms with van der Waals surface area (Å²) in [6.45, 7) is 0.989. The number of anilines is 1. The second-order valence-corrected chi connectivity index (χ2v) is 10.4. The summed E-state index contributed by atoms with van der Waals surface area (Å²) in [4.78, 5) is 16.6. The van der Waals surface area contributed by atoms with Gasteiger partial charge in [0.2, 0.25) is 15.9 Å². The SMILES string of the molecule is O=C([C@H](Cc1ccccc1)NS(=O)(=O)c1ccc(F)cc1)N1CCN(c2cccc(C(F)(F)F)c2)CC1. The van der Waals surface area contributed by atoms with Crippen molar-refractivity contribution in [2.24, 2.45) is 0 Å². The van der Waals surface area contributed by atoms with E-state index in [1.807, 2.05) is 0 Å². The number of rotatable bonds is 7. The molecule has 0 aliphatic carbocycles. The molecule has 1 amide bonds. The number of piperazine rings is 1. The molecule has 0 unspecified atom stereocenters. The number of sulfonamides is 1. The molecule has 37 heavy (non-hydrogen) atoms. The number of halogens is 4. The van der Waals surface area contributed by atoms with Crippen LogP contribution in [-0.2, 0) is 27.4 Å². The smallest absolute Gasteiger partial charge is 0.368 e. The fourth-order valence-corrected chi connectivity index (χ4v) is 5.37. The highest BCUT2D eigenvalue weighted by molar-refractivity contribution is 7.89. The second-order valence-electron chi connectivity index (χ2n) is 8.68. The van der Waals surface area contributed by atoms with E-state index in [9.17, 15) is 30.8 Å². The number of amides is 1. The van der Waals surface area contributed by atoms with Gasteiger partial charge in [0.25, 0.3) is 0 Å². The number of benzene rings is 3. The first kappa shape index (κ1) is 26.6. The van der Waals surface area contributed by atoms with E-state index < -0.39 is 39.5 Å². The Hall–Kier alpha value is -3.44. The van der Waals surface area contributed by atoms with E-state index in [1.165, 1.54) is 11.0 Å². The highest BCUT2D eigenvalue weighted by atomic mass is 32.2.